The Hall–Kier alpha value is -0.120. The minimum absolute atomic E-state index is 0.635. The first kappa shape index (κ1) is 12.9. The normalized spacial score (nSPS) is 36.6. The molecule has 3 unspecified atom stereocenters. The molecule has 1 rings (SSSR count). The predicted octanol–water partition coefficient (Wildman–Crippen LogP) is 1.10. The Labute approximate surface area is 94.4 Å². The molecule has 3 nitrogen and oxygen atoms in total. The van der Waals surface area contributed by atoms with Crippen molar-refractivity contribution in [1.82, 2.24) is 16.0 Å². The quantitative estimate of drug-likeness (QED) is 0.564. The van der Waals surface area contributed by atoms with Crippen LogP contribution in [0.2, 0.25) is 0 Å². The zero-order valence-corrected chi connectivity index (χ0v) is 10.5. The Morgan fingerprint density at radius 1 is 0.600 bits per heavy atom. The molecule has 0 saturated carbocycles. The number of rotatable bonds is 0. The lowest BCUT2D eigenvalue weighted by Gasteiger charge is -2.22. The summed E-state index contributed by atoms with van der Waals surface area (Å²) in [7, 11) is 0. The van der Waals surface area contributed by atoms with Gasteiger partial charge in [-0.1, -0.05) is 0 Å². The van der Waals surface area contributed by atoms with Crippen molar-refractivity contribution in [2.45, 2.75) is 58.2 Å². The van der Waals surface area contributed by atoms with Crippen molar-refractivity contribution in [3.8, 4) is 0 Å². The van der Waals surface area contributed by atoms with Gasteiger partial charge in [0, 0.05) is 18.1 Å². The summed E-state index contributed by atoms with van der Waals surface area (Å²) in [5.41, 5.74) is 0. The smallest absolute Gasteiger partial charge is 0.00508 e. The van der Waals surface area contributed by atoms with Crippen molar-refractivity contribution in [3.05, 3.63) is 0 Å². The number of hydrogen-bond acceptors (Lipinski definition) is 3. The Bertz CT molecular complexity index is 120. The molecule has 3 heteroatoms. The highest BCUT2D eigenvalue weighted by Crippen LogP contribution is 1.97. The maximum Gasteiger partial charge on any atom is 0.00508 e. The van der Waals surface area contributed by atoms with Crippen LogP contribution >= 0.6 is 0 Å². The van der Waals surface area contributed by atoms with Crippen molar-refractivity contribution < 1.29 is 0 Å². The molecule has 0 bridgehead atoms. The van der Waals surface area contributed by atoms with Crippen molar-refractivity contribution in [3.63, 3.8) is 0 Å². The van der Waals surface area contributed by atoms with Gasteiger partial charge in [0.15, 0.2) is 0 Å². The lowest BCUT2D eigenvalue weighted by atomic mass is 10.1. The van der Waals surface area contributed by atoms with E-state index in [2.05, 4.69) is 36.7 Å². The molecule has 3 N–H and O–H groups in total. The van der Waals surface area contributed by atoms with E-state index in [1.807, 2.05) is 0 Å². The molecular weight excluding hydrogens is 186 g/mol. The van der Waals surface area contributed by atoms with E-state index in [4.69, 9.17) is 0 Å². The topological polar surface area (TPSA) is 36.1 Å². The van der Waals surface area contributed by atoms with E-state index in [1.54, 1.807) is 0 Å². The van der Waals surface area contributed by atoms with Gasteiger partial charge < -0.3 is 16.0 Å². The van der Waals surface area contributed by atoms with Crippen LogP contribution in [0.1, 0.15) is 40.0 Å². The Kier molecular flexibility index (Phi) is 6.22. The van der Waals surface area contributed by atoms with Crippen LogP contribution in [0.3, 0.4) is 0 Å². The second kappa shape index (κ2) is 7.20. The molecule has 1 saturated heterocycles. The van der Waals surface area contributed by atoms with E-state index in [-0.39, 0.29) is 0 Å². The molecule has 0 aromatic carbocycles. The van der Waals surface area contributed by atoms with Gasteiger partial charge in [-0.2, -0.15) is 0 Å². The molecule has 1 fully saturated rings. The van der Waals surface area contributed by atoms with E-state index in [0.29, 0.717) is 18.1 Å². The Morgan fingerprint density at radius 3 is 1.13 bits per heavy atom. The monoisotopic (exact) mass is 213 g/mol. The van der Waals surface area contributed by atoms with Gasteiger partial charge in [0.05, 0.1) is 0 Å². The second-order valence-corrected chi connectivity index (χ2v) is 4.93. The lowest BCUT2D eigenvalue weighted by Crippen LogP contribution is -2.39. The molecule has 0 aromatic heterocycles. The van der Waals surface area contributed by atoms with Crippen LogP contribution in [0.15, 0.2) is 0 Å². The zero-order chi connectivity index (χ0) is 11.1. The van der Waals surface area contributed by atoms with Crippen molar-refractivity contribution >= 4 is 0 Å². The van der Waals surface area contributed by atoms with Crippen molar-refractivity contribution in [2.75, 3.05) is 19.6 Å². The predicted molar refractivity (Wildman–Crippen MR) is 66.2 cm³/mol. The molecule has 3 atom stereocenters. The first-order valence-electron chi connectivity index (χ1n) is 6.38. The summed E-state index contributed by atoms with van der Waals surface area (Å²) < 4.78 is 0. The Balaban J connectivity index is 2.30. The third-order valence-electron chi connectivity index (χ3n) is 3.21. The second-order valence-electron chi connectivity index (χ2n) is 4.93. The maximum atomic E-state index is 3.57. The first-order valence-corrected chi connectivity index (χ1v) is 6.38. The number of nitrogens with one attached hydrogen (secondary N) is 3. The van der Waals surface area contributed by atoms with E-state index >= 15 is 0 Å². The average Bonchev–Trinajstić information content (AvgIpc) is 2.16. The summed E-state index contributed by atoms with van der Waals surface area (Å²) in [6.45, 7) is 10.2. The minimum Gasteiger partial charge on any atom is -0.314 e. The fourth-order valence-corrected chi connectivity index (χ4v) is 1.94. The van der Waals surface area contributed by atoms with Gasteiger partial charge in [-0.3, -0.25) is 0 Å². The summed E-state index contributed by atoms with van der Waals surface area (Å²) in [5, 5.41) is 10.7. The molecule has 0 aromatic rings. The highest BCUT2D eigenvalue weighted by atomic mass is 15.0. The maximum absolute atomic E-state index is 3.57. The van der Waals surface area contributed by atoms with Crippen LogP contribution in [-0.4, -0.2) is 37.8 Å². The SMILES string of the molecule is CC1CCNC(C)CCNC(C)CCN1. The van der Waals surface area contributed by atoms with Gasteiger partial charge in [-0.15, -0.1) is 0 Å². The van der Waals surface area contributed by atoms with Crippen LogP contribution in [0.25, 0.3) is 0 Å². The van der Waals surface area contributed by atoms with E-state index < -0.39 is 0 Å². The van der Waals surface area contributed by atoms with Gasteiger partial charge >= 0.3 is 0 Å². The van der Waals surface area contributed by atoms with Gasteiger partial charge in [-0.25, -0.2) is 0 Å². The molecule has 1 heterocycles. The van der Waals surface area contributed by atoms with Crippen LogP contribution in [0.5, 0.6) is 0 Å². The fraction of sp³-hybridized carbons (Fsp3) is 1.00. The minimum atomic E-state index is 0.635. The van der Waals surface area contributed by atoms with Gasteiger partial charge in [0.25, 0.3) is 0 Å². The zero-order valence-electron chi connectivity index (χ0n) is 10.5. The largest absolute Gasteiger partial charge is 0.314 e. The summed E-state index contributed by atoms with van der Waals surface area (Å²) in [5.74, 6) is 0. The van der Waals surface area contributed by atoms with Gasteiger partial charge in [0.2, 0.25) is 0 Å². The first-order chi connectivity index (χ1) is 7.18. The van der Waals surface area contributed by atoms with E-state index in [0.717, 1.165) is 19.6 Å². The third-order valence-corrected chi connectivity index (χ3v) is 3.21. The number of hydrogen-bond donors (Lipinski definition) is 3. The summed E-state index contributed by atoms with van der Waals surface area (Å²) >= 11 is 0. The van der Waals surface area contributed by atoms with Crippen LogP contribution < -0.4 is 16.0 Å². The fourth-order valence-electron chi connectivity index (χ4n) is 1.94. The van der Waals surface area contributed by atoms with E-state index in [1.165, 1.54) is 19.3 Å². The van der Waals surface area contributed by atoms with Gasteiger partial charge in [0.1, 0.15) is 0 Å². The summed E-state index contributed by atoms with van der Waals surface area (Å²) in [6.07, 6.45) is 3.68. The average molecular weight is 213 g/mol. The molecule has 0 amide bonds. The molecule has 0 radical (unpaired) electrons. The molecule has 0 aliphatic carbocycles. The lowest BCUT2D eigenvalue weighted by molar-refractivity contribution is 0.399. The molecule has 0 spiro atoms. The molecule has 15 heavy (non-hydrogen) atoms. The molecule has 1 aliphatic rings. The standard InChI is InChI=1S/C12H27N3/c1-10-4-7-14-12(3)6-9-15-11(2)5-8-13-10/h10-15H,4-9H2,1-3H3. The van der Waals surface area contributed by atoms with Gasteiger partial charge in [-0.05, 0) is 59.7 Å². The summed E-state index contributed by atoms with van der Waals surface area (Å²) in [4.78, 5) is 0. The summed E-state index contributed by atoms with van der Waals surface area (Å²) in [6, 6.07) is 1.91. The molecule has 1 aliphatic heterocycles. The highest BCUT2D eigenvalue weighted by Gasteiger charge is 2.08. The van der Waals surface area contributed by atoms with Crippen molar-refractivity contribution in [2.24, 2.45) is 0 Å². The van der Waals surface area contributed by atoms with Crippen LogP contribution in [-0.2, 0) is 0 Å². The Morgan fingerprint density at radius 2 is 0.867 bits per heavy atom. The van der Waals surface area contributed by atoms with Crippen LogP contribution in [0, 0.1) is 0 Å². The highest BCUT2D eigenvalue weighted by molar-refractivity contribution is 4.71. The van der Waals surface area contributed by atoms with Crippen LogP contribution in [0.4, 0.5) is 0 Å². The molecule has 90 valence electrons. The third kappa shape index (κ3) is 6.13. The van der Waals surface area contributed by atoms with E-state index in [9.17, 15) is 0 Å². The van der Waals surface area contributed by atoms with Crippen molar-refractivity contribution in [1.29, 1.82) is 0 Å². The molecular formula is C12H27N3.